The van der Waals surface area contributed by atoms with Gasteiger partial charge in [-0.05, 0) is 51.4 Å². The minimum atomic E-state index is -5.45. The van der Waals surface area contributed by atoms with E-state index in [1.165, 1.54) is 44.6 Å². The Morgan fingerprint density at radius 2 is 1.32 bits per heavy atom. The molecule has 1 saturated carbocycles. The molecule has 2 rings (SSSR count). The molecule has 0 radical (unpaired) electrons. The molecule has 0 aromatic rings. The zero-order valence-corrected chi connectivity index (χ0v) is 40.9. The molecule has 0 spiro atoms. The summed E-state index contributed by atoms with van der Waals surface area (Å²) in [5, 5.41) is 78.5. The highest BCUT2D eigenvalue weighted by Gasteiger charge is 2.49. The summed E-state index contributed by atoms with van der Waals surface area (Å²) in [5.74, 6) is -4.96. The van der Waals surface area contributed by atoms with Gasteiger partial charge in [0.2, 0.25) is 0 Å². The topological polar surface area (TPSA) is 267 Å². The number of esters is 2. The minimum Gasteiger partial charge on any atom is -0.462 e. The van der Waals surface area contributed by atoms with Crippen LogP contribution in [0.3, 0.4) is 0 Å². The Labute approximate surface area is 394 Å². The number of aliphatic hydroxyl groups is 7. The van der Waals surface area contributed by atoms with Gasteiger partial charge in [-0.1, -0.05) is 141 Å². The van der Waals surface area contributed by atoms with E-state index in [0.717, 1.165) is 70.3 Å². The number of carbonyl (C=O) groups is 3. The van der Waals surface area contributed by atoms with E-state index in [-0.39, 0.29) is 19.3 Å². The van der Waals surface area contributed by atoms with Crippen molar-refractivity contribution in [3.8, 4) is 0 Å². The van der Waals surface area contributed by atoms with Gasteiger partial charge in [0.05, 0.1) is 36.9 Å². The second-order valence-electron chi connectivity index (χ2n) is 18.5. The van der Waals surface area contributed by atoms with Crippen LogP contribution in [0, 0.1) is 11.8 Å². The number of rotatable bonds is 25. The first-order valence-electron chi connectivity index (χ1n) is 25.2. The van der Waals surface area contributed by atoms with Crippen molar-refractivity contribution < 1.29 is 78.1 Å². The van der Waals surface area contributed by atoms with Gasteiger partial charge in [0.25, 0.3) is 0 Å². The first-order valence-corrected chi connectivity index (χ1v) is 26.7. The Bertz CT molecular complexity index is 1430. The summed E-state index contributed by atoms with van der Waals surface area (Å²) >= 11 is 0. The summed E-state index contributed by atoms with van der Waals surface area (Å²) in [7, 11) is -5.45. The van der Waals surface area contributed by atoms with Crippen molar-refractivity contribution in [2.75, 3.05) is 13.2 Å². The number of allylic oxidation sites excluding steroid dienone is 2. The second kappa shape index (κ2) is 35.1. The van der Waals surface area contributed by atoms with Gasteiger partial charge < -0.3 is 50.1 Å². The summed E-state index contributed by atoms with van der Waals surface area (Å²) in [6.07, 6.45) is 10.2. The molecule has 0 aromatic heterocycles. The lowest BCUT2D eigenvalue weighted by atomic mass is 9.82. The quantitative estimate of drug-likeness (QED) is 0.0198. The highest BCUT2D eigenvalue weighted by molar-refractivity contribution is 7.47. The molecule has 2 bridgehead atoms. The summed E-state index contributed by atoms with van der Waals surface area (Å²) in [4.78, 5) is 50.2. The Hall–Kier alpha value is -2.08. The van der Waals surface area contributed by atoms with Crippen molar-refractivity contribution in [3.05, 3.63) is 24.3 Å². The molecular weight excluding hydrogens is 875 g/mol. The molecule has 384 valence electrons. The number of ketones is 1. The Morgan fingerprint density at radius 3 is 1.97 bits per heavy atom. The zero-order chi connectivity index (χ0) is 48.7. The van der Waals surface area contributed by atoms with Crippen molar-refractivity contribution >= 4 is 25.5 Å². The van der Waals surface area contributed by atoms with Crippen LogP contribution in [-0.2, 0) is 37.5 Å². The monoisotopic (exact) mass is 963 g/mol. The van der Waals surface area contributed by atoms with Gasteiger partial charge in [0.1, 0.15) is 36.8 Å². The van der Waals surface area contributed by atoms with Crippen molar-refractivity contribution in [2.45, 2.75) is 242 Å². The van der Waals surface area contributed by atoms with Crippen LogP contribution in [-0.4, -0.2) is 127 Å². The molecule has 0 amide bonds. The summed E-state index contributed by atoms with van der Waals surface area (Å²) in [6.45, 7) is 2.83. The number of hydrogen-bond acceptors (Lipinski definition) is 15. The number of phosphoric acid groups is 1. The number of aliphatic hydroxyl groups excluding tert-OH is 7. The van der Waals surface area contributed by atoms with E-state index >= 15 is 0 Å². The SMILES string of the molecule is CCCCCCCC/C=C\CCCCCCCCCC(=O)OC[C@@H]1COP(=O)(O)O[C@H]2[C@H](O)[C@@H](O)[C@H](O)[C@@H](CCCCCCC(=O)O1)[C@@H](O)CC(=O)[C@H](/C=C/[C@@H](O)CCCCC)[C@@H](O)[C@H]2O. The van der Waals surface area contributed by atoms with Crippen LogP contribution in [0.25, 0.3) is 0 Å². The van der Waals surface area contributed by atoms with Crippen LogP contribution < -0.4 is 0 Å². The predicted octanol–water partition coefficient (Wildman–Crippen LogP) is 6.98. The number of phosphoric ester groups is 1. The van der Waals surface area contributed by atoms with Gasteiger partial charge >= 0.3 is 19.8 Å². The standard InChI is InChI=1S/C49H87O16P/c1-3-5-7-8-9-10-11-12-13-14-15-16-17-18-19-20-25-29-42(53)62-34-37-35-63-66(60,61)65-49-47(58)45(56)39(32-31-36(50)27-23-6-4-2)41(52)33-40(51)38(44(55)46(57)48(49)59)28-24-21-22-26-30-43(54)64-37/h12-13,31-32,36-40,44-51,55-59H,3-11,14-30,33-35H2,1-2H3,(H,60,61)/b13-12-,32-31+/t36-,37+,38-,39-,40-,44+,45+,46-,47+,48+,49+/m0/s1. The van der Waals surface area contributed by atoms with Crippen LogP contribution in [0.2, 0.25) is 0 Å². The maximum absolute atomic E-state index is 13.7. The molecule has 1 unspecified atom stereocenters. The number of carbonyl (C=O) groups excluding carboxylic acids is 3. The van der Waals surface area contributed by atoms with E-state index in [2.05, 4.69) is 19.1 Å². The molecule has 1 saturated heterocycles. The van der Waals surface area contributed by atoms with E-state index in [9.17, 15) is 59.6 Å². The fourth-order valence-corrected chi connectivity index (χ4v) is 9.48. The number of cyclic esters (lactones) is 1. The maximum Gasteiger partial charge on any atom is 0.472 e. The first kappa shape index (κ1) is 60.0. The van der Waals surface area contributed by atoms with E-state index in [4.69, 9.17) is 18.5 Å². The van der Waals surface area contributed by atoms with Gasteiger partial charge in [-0.15, -0.1) is 0 Å². The molecule has 17 heteroatoms. The number of Topliss-reactive ketones (excluding diaryl/α,β-unsaturated/α-hetero) is 1. The highest BCUT2D eigenvalue weighted by atomic mass is 31.2. The third kappa shape index (κ3) is 25.0. The lowest BCUT2D eigenvalue weighted by Crippen LogP contribution is -2.55. The van der Waals surface area contributed by atoms with Crippen LogP contribution in [0.15, 0.2) is 24.3 Å². The van der Waals surface area contributed by atoms with Gasteiger partial charge in [-0.3, -0.25) is 23.4 Å². The van der Waals surface area contributed by atoms with Crippen LogP contribution in [0.5, 0.6) is 0 Å². The van der Waals surface area contributed by atoms with Crippen LogP contribution in [0.4, 0.5) is 0 Å². The average molecular weight is 963 g/mol. The number of fused-ring (bicyclic) bond motifs is 4. The lowest BCUT2D eigenvalue weighted by molar-refractivity contribution is -0.167. The normalized spacial score (nSPS) is 30.8. The van der Waals surface area contributed by atoms with E-state index in [1.807, 2.05) is 6.92 Å². The molecule has 2 aliphatic rings. The summed E-state index contributed by atoms with van der Waals surface area (Å²) in [5.41, 5.74) is 0. The molecule has 0 aromatic carbocycles. The molecule has 1 heterocycles. The van der Waals surface area contributed by atoms with E-state index < -0.39 is 112 Å². The second-order valence-corrected chi connectivity index (χ2v) is 19.9. The molecular formula is C49H87O16P. The molecule has 66 heavy (non-hydrogen) atoms. The maximum atomic E-state index is 13.7. The van der Waals surface area contributed by atoms with Gasteiger partial charge in [-0.2, -0.15) is 0 Å². The van der Waals surface area contributed by atoms with Crippen molar-refractivity contribution in [2.24, 2.45) is 11.8 Å². The molecule has 1 aliphatic carbocycles. The van der Waals surface area contributed by atoms with Gasteiger partial charge in [0.15, 0.2) is 6.10 Å². The molecule has 1 aliphatic heterocycles. The average Bonchev–Trinajstić information content (AvgIpc) is 3.28. The van der Waals surface area contributed by atoms with Crippen LogP contribution in [0.1, 0.15) is 187 Å². The van der Waals surface area contributed by atoms with Crippen molar-refractivity contribution in [1.29, 1.82) is 0 Å². The Kier molecular flexibility index (Phi) is 31.9. The molecule has 12 atom stereocenters. The van der Waals surface area contributed by atoms with Crippen LogP contribution >= 0.6 is 7.82 Å². The lowest BCUT2D eigenvalue weighted by Gasteiger charge is -2.37. The molecule has 16 nitrogen and oxygen atoms in total. The minimum absolute atomic E-state index is 0.0314. The predicted molar refractivity (Wildman–Crippen MR) is 250 cm³/mol. The summed E-state index contributed by atoms with van der Waals surface area (Å²) < 4.78 is 34.7. The fraction of sp³-hybridized carbons (Fsp3) is 0.857. The van der Waals surface area contributed by atoms with Gasteiger partial charge in [-0.25, -0.2) is 4.57 Å². The van der Waals surface area contributed by atoms with Crippen molar-refractivity contribution in [1.82, 2.24) is 0 Å². The Balaban J connectivity index is 2.08. The van der Waals surface area contributed by atoms with Crippen molar-refractivity contribution in [3.63, 3.8) is 0 Å². The Morgan fingerprint density at radius 1 is 0.742 bits per heavy atom. The molecule has 2 fully saturated rings. The third-order valence-corrected chi connectivity index (χ3v) is 13.7. The summed E-state index contributed by atoms with van der Waals surface area (Å²) in [6, 6.07) is 0. The van der Waals surface area contributed by atoms with Gasteiger partial charge in [0, 0.05) is 25.2 Å². The zero-order valence-electron chi connectivity index (χ0n) is 40.0. The number of unbranched alkanes of at least 4 members (excludes halogenated alkanes) is 15. The molecule has 8 N–H and O–H groups in total. The third-order valence-electron chi connectivity index (χ3n) is 12.7. The number of hydrogen-bond donors (Lipinski definition) is 8. The van der Waals surface area contributed by atoms with E-state index in [1.54, 1.807) is 0 Å². The first-order chi connectivity index (χ1) is 31.6. The number of ether oxygens (including phenoxy) is 2. The van der Waals surface area contributed by atoms with E-state index in [0.29, 0.717) is 44.9 Å². The highest BCUT2D eigenvalue weighted by Crippen LogP contribution is 2.47. The fourth-order valence-electron chi connectivity index (χ4n) is 8.50. The largest absolute Gasteiger partial charge is 0.472 e. The smallest absolute Gasteiger partial charge is 0.462 e.